The van der Waals surface area contributed by atoms with Crippen LogP contribution in [0.1, 0.15) is 50.2 Å². The lowest BCUT2D eigenvalue weighted by molar-refractivity contribution is -0.126. The third-order valence-electron chi connectivity index (χ3n) is 6.30. The second kappa shape index (κ2) is 12.8. The Morgan fingerprint density at radius 1 is 1.06 bits per heavy atom. The van der Waals surface area contributed by atoms with Crippen LogP contribution in [-0.4, -0.2) is 45.5 Å². The predicted octanol–water partition coefficient (Wildman–Crippen LogP) is 4.00. The highest BCUT2D eigenvalue weighted by Crippen LogP contribution is 2.26. The first kappa shape index (κ1) is 27.5. The zero-order valence-corrected chi connectivity index (χ0v) is 21.8. The molecule has 3 amide bonds. The molecule has 3 rings (SSSR count). The monoisotopic (exact) mass is 515 g/mol. The van der Waals surface area contributed by atoms with Crippen molar-refractivity contribution < 1.29 is 23.0 Å². The van der Waals surface area contributed by atoms with Crippen LogP contribution in [0, 0.1) is 19.7 Å². The Kier molecular flexibility index (Phi) is 9.75. The van der Waals surface area contributed by atoms with E-state index in [9.17, 15) is 23.0 Å². The highest BCUT2D eigenvalue weighted by Gasteiger charge is 2.33. The molecular weight excluding hydrogens is 481 g/mol. The summed E-state index contributed by atoms with van der Waals surface area (Å²) in [5, 5.41) is 5.64. The third-order valence-corrected chi connectivity index (χ3v) is 7.45. The van der Waals surface area contributed by atoms with Crippen LogP contribution in [-0.2, 0) is 25.2 Å². The maximum atomic E-state index is 13.5. The summed E-state index contributed by atoms with van der Waals surface area (Å²) in [6.45, 7) is 5.62. The number of benzene rings is 2. The van der Waals surface area contributed by atoms with Crippen molar-refractivity contribution in [2.45, 2.75) is 65.0 Å². The van der Waals surface area contributed by atoms with Crippen molar-refractivity contribution in [3.05, 3.63) is 59.4 Å². The number of hydrogen-bond acceptors (Lipinski definition) is 4. The average molecular weight is 516 g/mol. The van der Waals surface area contributed by atoms with Crippen LogP contribution in [0.5, 0.6) is 0 Å². The van der Waals surface area contributed by atoms with Crippen LogP contribution < -0.4 is 15.5 Å². The van der Waals surface area contributed by atoms with Gasteiger partial charge in [-0.25, -0.2) is 4.39 Å². The molecule has 1 aliphatic rings. The molecule has 2 N–H and O–H groups in total. The first-order valence-corrected chi connectivity index (χ1v) is 13.8. The zero-order chi connectivity index (χ0) is 26.2. The Balaban J connectivity index is 1.76. The number of hydrogen-bond donors (Lipinski definition) is 2. The van der Waals surface area contributed by atoms with Gasteiger partial charge in [-0.15, -0.1) is 0 Å². The molecule has 0 aliphatic heterocycles. The highest BCUT2D eigenvalue weighted by atomic mass is 32.2. The Bertz CT molecular complexity index is 1120. The normalized spacial score (nSPS) is 15.2. The second-order valence-corrected chi connectivity index (χ2v) is 10.7. The van der Waals surface area contributed by atoms with Gasteiger partial charge < -0.3 is 10.6 Å². The number of nitrogens with zero attached hydrogens (tertiary/aromatic N) is 1. The fraction of sp³-hybridized carbons (Fsp3) is 0.444. The van der Waals surface area contributed by atoms with Gasteiger partial charge in [-0.3, -0.25) is 23.5 Å². The first-order valence-electron chi connectivity index (χ1n) is 12.3. The number of carbonyl (C=O) groups excluding carboxylic acids is 3. The van der Waals surface area contributed by atoms with Gasteiger partial charge in [0.25, 0.3) is 0 Å². The smallest absolute Gasteiger partial charge is 0.243 e. The lowest BCUT2D eigenvalue weighted by Crippen LogP contribution is -2.53. The zero-order valence-electron chi connectivity index (χ0n) is 21.0. The number of anilines is 2. The van der Waals surface area contributed by atoms with Gasteiger partial charge in [-0.2, -0.15) is 0 Å². The summed E-state index contributed by atoms with van der Waals surface area (Å²) in [6, 6.07) is 10.2. The van der Waals surface area contributed by atoms with Crippen molar-refractivity contribution in [3.63, 3.8) is 0 Å². The van der Waals surface area contributed by atoms with Crippen LogP contribution in [0.15, 0.2) is 42.5 Å². The Labute approximate surface area is 214 Å². The van der Waals surface area contributed by atoms with Crippen LogP contribution in [0.25, 0.3) is 0 Å². The van der Waals surface area contributed by atoms with E-state index in [4.69, 9.17) is 0 Å². The SMILES string of the molecule is CC[C@@H](C(=O)NC1CCCC1)N(C(=O)C[S@@](=O)CC(=O)Nc1ccc(F)cc1)c1cc(C)ccc1C. The molecule has 0 aromatic heterocycles. The fourth-order valence-corrected chi connectivity index (χ4v) is 5.32. The Hall–Kier alpha value is -3.07. The predicted molar refractivity (Wildman–Crippen MR) is 141 cm³/mol. The number of halogens is 1. The molecule has 36 heavy (non-hydrogen) atoms. The lowest BCUT2D eigenvalue weighted by atomic mass is 10.1. The molecular formula is C27H34FN3O4S. The molecule has 0 unspecified atom stereocenters. The maximum Gasteiger partial charge on any atom is 0.243 e. The van der Waals surface area contributed by atoms with E-state index < -0.39 is 46.0 Å². The molecule has 194 valence electrons. The van der Waals surface area contributed by atoms with E-state index in [1.807, 2.05) is 39.0 Å². The van der Waals surface area contributed by atoms with Gasteiger partial charge in [-0.1, -0.05) is 31.9 Å². The summed E-state index contributed by atoms with van der Waals surface area (Å²) in [4.78, 5) is 40.6. The standard InChI is InChI=1S/C27H34FN3O4S/c1-4-23(27(34)30-21-7-5-6-8-21)31(24-15-18(2)9-10-19(24)3)26(33)17-36(35)16-25(32)29-22-13-11-20(28)12-14-22/h9-15,21,23H,4-8,16-17H2,1-3H3,(H,29,32)(H,30,34)/t23-,36-/m0/s1. The highest BCUT2D eigenvalue weighted by molar-refractivity contribution is 7.86. The molecule has 2 aromatic carbocycles. The van der Waals surface area contributed by atoms with Gasteiger partial charge in [0.2, 0.25) is 17.7 Å². The van der Waals surface area contributed by atoms with Crippen LogP contribution in [0.3, 0.4) is 0 Å². The van der Waals surface area contributed by atoms with E-state index in [2.05, 4.69) is 10.6 Å². The van der Waals surface area contributed by atoms with Crippen molar-refractivity contribution in [2.75, 3.05) is 21.7 Å². The van der Waals surface area contributed by atoms with Gasteiger partial charge in [0, 0.05) is 28.2 Å². The minimum atomic E-state index is -1.81. The summed E-state index contributed by atoms with van der Waals surface area (Å²) in [5.41, 5.74) is 2.72. The quantitative estimate of drug-likeness (QED) is 0.500. The van der Waals surface area contributed by atoms with Crippen molar-refractivity contribution in [1.82, 2.24) is 5.32 Å². The topological polar surface area (TPSA) is 95.6 Å². The van der Waals surface area contributed by atoms with Crippen LogP contribution >= 0.6 is 0 Å². The molecule has 0 radical (unpaired) electrons. The largest absolute Gasteiger partial charge is 0.352 e. The summed E-state index contributed by atoms with van der Waals surface area (Å²) < 4.78 is 25.9. The van der Waals surface area contributed by atoms with Gasteiger partial charge in [0.15, 0.2) is 0 Å². The summed E-state index contributed by atoms with van der Waals surface area (Å²) in [6.07, 6.45) is 4.37. The number of rotatable bonds is 10. The number of carbonyl (C=O) groups is 3. The fourth-order valence-electron chi connectivity index (χ4n) is 4.44. The molecule has 9 heteroatoms. The van der Waals surface area contributed by atoms with Crippen molar-refractivity contribution in [2.24, 2.45) is 0 Å². The number of aryl methyl sites for hydroxylation is 2. The second-order valence-electron chi connectivity index (χ2n) is 9.25. The summed E-state index contributed by atoms with van der Waals surface area (Å²) in [7, 11) is -1.81. The van der Waals surface area contributed by atoms with E-state index in [1.165, 1.54) is 29.2 Å². The molecule has 2 aromatic rings. The van der Waals surface area contributed by atoms with E-state index in [-0.39, 0.29) is 11.9 Å². The molecule has 1 saturated carbocycles. The molecule has 0 spiro atoms. The minimum absolute atomic E-state index is 0.103. The first-order chi connectivity index (χ1) is 17.2. The molecule has 0 heterocycles. The third kappa shape index (κ3) is 7.46. The number of nitrogens with one attached hydrogen (secondary N) is 2. The van der Waals surface area contributed by atoms with E-state index in [0.717, 1.165) is 36.8 Å². The van der Waals surface area contributed by atoms with Gasteiger partial charge >= 0.3 is 0 Å². The molecule has 1 aliphatic carbocycles. The summed E-state index contributed by atoms with van der Waals surface area (Å²) in [5.74, 6) is -2.48. The van der Waals surface area contributed by atoms with E-state index >= 15 is 0 Å². The molecule has 0 saturated heterocycles. The van der Waals surface area contributed by atoms with Crippen molar-refractivity contribution in [3.8, 4) is 0 Å². The van der Waals surface area contributed by atoms with Crippen molar-refractivity contribution in [1.29, 1.82) is 0 Å². The van der Waals surface area contributed by atoms with Gasteiger partial charge in [0.05, 0.1) is 0 Å². The maximum absolute atomic E-state index is 13.5. The Morgan fingerprint density at radius 3 is 2.36 bits per heavy atom. The van der Waals surface area contributed by atoms with Gasteiger partial charge in [-0.05, 0) is 74.6 Å². The average Bonchev–Trinajstić information content (AvgIpc) is 3.33. The van der Waals surface area contributed by atoms with E-state index in [1.54, 1.807) is 0 Å². The van der Waals surface area contributed by atoms with Crippen LogP contribution in [0.2, 0.25) is 0 Å². The number of amides is 3. The molecule has 1 fully saturated rings. The Morgan fingerprint density at radius 2 is 1.72 bits per heavy atom. The lowest BCUT2D eigenvalue weighted by Gasteiger charge is -2.32. The molecule has 0 bridgehead atoms. The molecule has 2 atom stereocenters. The van der Waals surface area contributed by atoms with Crippen LogP contribution in [0.4, 0.5) is 15.8 Å². The van der Waals surface area contributed by atoms with Gasteiger partial charge in [0.1, 0.15) is 23.4 Å². The van der Waals surface area contributed by atoms with Crippen molar-refractivity contribution >= 4 is 39.9 Å². The summed E-state index contributed by atoms with van der Waals surface area (Å²) >= 11 is 0. The van der Waals surface area contributed by atoms with E-state index in [0.29, 0.717) is 17.8 Å². The minimum Gasteiger partial charge on any atom is -0.352 e. The molecule has 7 nitrogen and oxygen atoms in total.